The molecule has 2 N–H and O–H groups in total. The highest BCUT2D eigenvalue weighted by Crippen LogP contribution is 2.20. The van der Waals surface area contributed by atoms with Crippen molar-refractivity contribution in [3.05, 3.63) is 5.82 Å². The maximum atomic E-state index is 12.0. The lowest BCUT2D eigenvalue weighted by Gasteiger charge is -2.28. The molecule has 0 aromatic carbocycles. The molecule has 2 atom stereocenters. The van der Waals surface area contributed by atoms with Crippen molar-refractivity contribution in [3.63, 3.8) is 0 Å². The molecule has 2 rings (SSSR count). The summed E-state index contributed by atoms with van der Waals surface area (Å²) in [5, 5.41) is 6.67. The van der Waals surface area contributed by atoms with Crippen LogP contribution in [0.25, 0.3) is 0 Å². The van der Waals surface area contributed by atoms with Gasteiger partial charge in [-0.1, -0.05) is 13.3 Å². The second-order valence-electron chi connectivity index (χ2n) is 4.44. The Bertz CT molecular complexity index is 393. The zero-order valence-electron chi connectivity index (χ0n) is 10.2. The van der Waals surface area contributed by atoms with Crippen molar-refractivity contribution in [2.75, 3.05) is 11.9 Å². The van der Waals surface area contributed by atoms with E-state index in [1.807, 2.05) is 6.92 Å². The maximum absolute atomic E-state index is 12.0. The van der Waals surface area contributed by atoms with Crippen LogP contribution in [0.2, 0.25) is 0 Å². The van der Waals surface area contributed by atoms with Crippen LogP contribution in [0, 0.1) is 12.8 Å². The lowest BCUT2D eigenvalue weighted by atomic mass is 9.90. The molecule has 6 heteroatoms. The Hall–Kier alpha value is -1.01. The average Bonchev–Trinajstić information content (AvgIpc) is 2.75. The van der Waals surface area contributed by atoms with Crippen molar-refractivity contribution in [1.82, 2.24) is 14.7 Å². The lowest BCUT2D eigenvalue weighted by molar-refractivity contribution is -0.119. The molecule has 0 aliphatic carbocycles. The number of rotatable bonds is 3. The number of aryl methyl sites for hydroxylation is 1. The van der Waals surface area contributed by atoms with Gasteiger partial charge in [0, 0.05) is 11.5 Å². The standard InChI is InChI=1S/C11H18N4OS/c1-3-8-4-5-12-9(6-8)10(16)14-11-13-7(2)15-17-11/h8-9,12H,3-6H2,1-2H3,(H,13,14,15,16). The van der Waals surface area contributed by atoms with E-state index in [9.17, 15) is 4.79 Å². The maximum Gasteiger partial charge on any atom is 0.243 e. The lowest BCUT2D eigenvalue weighted by Crippen LogP contribution is -2.46. The second-order valence-corrected chi connectivity index (χ2v) is 5.19. The molecule has 1 aliphatic rings. The predicted octanol–water partition coefficient (Wildman–Crippen LogP) is 1.56. The van der Waals surface area contributed by atoms with Gasteiger partial charge in [0.05, 0.1) is 6.04 Å². The summed E-state index contributed by atoms with van der Waals surface area (Å²) in [5.74, 6) is 1.37. The number of piperidine rings is 1. The number of amides is 1. The Balaban J connectivity index is 1.91. The normalized spacial score (nSPS) is 24.6. The van der Waals surface area contributed by atoms with Crippen LogP contribution in [0.5, 0.6) is 0 Å². The Morgan fingerprint density at radius 3 is 3.12 bits per heavy atom. The van der Waals surface area contributed by atoms with Crippen LogP contribution >= 0.6 is 11.5 Å². The Labute approximate surface area is 105 Å². The van der Waals surface area contributed by atoms with Gasteiger partial charge in [-0.15, -0.1) is 0 Å². The first-order chi connectivity index (χ1) is 8.19. The molecular weight excluding hydrogens is 236 g/mol. The van der Waals surface area contributed by atoms with Crippen molar-refractivity contribution < 1.29 is 4.79 Å². The topological polar surface area (TPSA) is 66.9 Å². The van der Waals surface area contributed by atoms with Gasteiger partial charge in [0.15, 0.2) is 0 Å². The van der Waals surface area contributed by atoms with E-state index in [0.717, 1.165) is 25.8 Å². The summed E-state index contributed by atoms with van der Waals surface area (Å²) in [4.78, 5) is 16.1. The van der Waals surface area contributed by atoms with Crippen LogP contribution in [0.3, 0.4) is 0 Å². The van der Waals surface area contributed by atoms with Crippen LogP contribution in [0.4, 0.5) is 5.13 Å². The number of nitrogens with one attached hydrogen (secondary N) is 2. The molecule has 0 radical (unpaired) electrons. The first-order valence-corrected chi connectivity index (χ1v) is 6.81. The fraction of sp³-hybridized carbons (Fsp3) is 0.727. The first-order valence-electron chi connectivity index (χ1n) is 6.03. The largest absolute Gasteiger partial charge is 0.306 e. The SMILES string of the molecule is CCC1CCNC(C(=O)Nc2nc(C)ns2)C1. The smallest absolute Gasteiger partial charge is 0.243 e. The molecule has 5 nitrogen and oxygen atoms in total. The summed E-state index contributed by atoms with van der Waals surface area (Å²) in [6, 6.07) is -0.0853. The van der Waals surface area contributed by atoms with E-state index >= 15 is 0 Å². The average molecular weight is 254 g/mol. The predicted molar refractivity (Wildman–Crippen MR) is 68.1 cm³/mol. The van der Waals surface area contributed by atoms with Gasteiger partial charge in [0.2, 0.25) is 11.0 Å². The number of anilines is 1. The van der Waals surface area contributed by atoms with Crippen LogP contribution in [-0.2, 0) is 4.79 Å². The molecule has 2 unspecified atom stereocenters. The minimum Gasteiger partial charge on any atom is -0.306 e. The van der Waals surface area contributed by atoms with E-state index in [1.165, 1.54) is 11.5 Å². The summed E-state index contributed by atoms with van der Waals surface area (Å²) in [6.45, 7) is 4.92. The third-order valence-corrected chi connectivity index (χ3v) is 3.89. The number of carbonyl (C=O) groups excluding carboxylic acids is 1. The van der Waals surface area contributed by atoms with Crippen LogP contribution in [-0.4, -0.2) is 27.9 Å². The minimum atomic E-state index is -0.0853. The van der Waals surface area contributed by atoms with E-state index in [1.54, 1.807) is 0 Å². The molecule has 1 aromatic heterocycles. The quantitative estimate of drug-likeness (QED) is 0.859. The first kappa shape index (κ1) is 12.4. The van der Waals surface area contributed by atoms with E-state index in [0.29, 0.717) is 16.9 Å². The molecule has 0 bridgehead atoms. The Morgan fingerprint density at radius 1 is 1.65 bits per heavy atom. The van der Waals surface area contributed by atoms with Gasteiger partial charge in [-0.2, -0.15) is 4.37 Å². The van der Waals surface area contributed by atoms with Gasteiger partial charge < -0.3 is 5.32 Å². The number of hydrogen-bond acceptors (Lipinski definition) is 5. The van der Waals surface area contributed by atoms with Gasteiger partial charge in [0.1, 0.15) is 5.82 Å². The molecule has 94 valence electrons. The number of carbonyl (C=O) groups is 1. The van der Waals surface area contributed by atoms with Gasteiger partial charge in [-0.05, 0) is 32.2 Å². The van der Waals surface area contributed by atoms with Crippen molar-refractivity contribution >= 4 is 22.6 Å². The highest BCUT2D eigenvalue weighted by molar-refractivity contribution is 7.09. The minimum absolute atomic E-state index is 0.0132. The third-order valence-electron chi connectivity index (χ3n) is 3.16. The molecule has 1 fully saturated rings. The molecule has 2 heterocycles. The highest BCUT2D eigenvalue weighted by Gasteiger charge is 2.26. The Morgan fingerprint density at radius 2 is 2.47 bits per heavy atom. The van der Waals surface area contributed by atoms with Crippen molar-refractivity contribution in [1.29, 1.82) is 0 Å². The summed E-state index contributed by atoms with van der Waals surface area (Å²) in [6.07, 6.45) is 3.22. The summed E-state index contributed by atoms with van der Waals surface area (Å²) >= 11 is 1.23. The zero-order chi connectivity index (χ0) is 12.3. The molecule has 1 amide bonds. The zero-order valence-corrected chi connectivity index (χ0v) is 11.0. The van der Waals surface area contributed by atoms with Crippen LogP contribution < -0.4 is 10.6 Å². The van der Waals surface area contributed by atoms with Gasteiger partial charge in [0.25, 0.3) is 0 Å². The highest BCUT2D eigenvalue weighted by atomic mass is 32.1. The van der Waals surface area contributed by atoms with E-state index in [4.69, 9.17) is 0 Å². The summed E-state index contributed by atoms with van der Waals surface area (Å²) < 4.78 is 4.04. The molecule has 1 saturated heterocycles. The molecule has 1 aromatic rings. The number of hydrogen-bond donors (Lipinski definition) is 2. The fourth-order valence-corrected chi connectivity index (χ4v) is 2.69. The van der Waals surface area contributed by atoms with E-state index in [-0.39, 0.29) is 11.9 Å². The third kappa shape index (κ3) is 3.23. The van der Waals surface area contributed by atoms with E-state index < -0.39 is 0 Å². The van der Waals surface area contributed by atoms with Crippen molar-refractivity contribution in [2.45, 2.75) is 39.2 Å². The second kappa shape index (κ2) is 5.55. The summed E-state index contributed by atoms with van der Waals surface area (Å²) in [7, 11) is 0. The Kier molecular flexibility index (Phi) is 4.06. The van der Waals surface area contributed by atoms with Gasteiger partial charge in [-0.25, -0.2) is 4.98 Å². The number of aromatic nitrogens is 2. The van der Waals surface area contributed by atoms with Gasteiger partial charge >= 0.3 is 0 Å². The fourth-order valence-electron chi connectivity index (χ4n) is 2.11. The van der Waals surface area contributed by atoms with Crippen LogP contribution in [0.15, 0.2) is 0 Å². The van der Waals surface area contributed by atoms with E-state index in [2.05, 4.69) is 26.9 Å². The van der Waals surface area contributed by atoms with Gasteiger partial charge in [-0.3, -0.25) is 10.1 Å². The molecule has 17 heavy (non-hydrogen) atoms. The summed E-state index contributed by atoms with van der Waals surface area (Å²) in [5.41, 5.74) is 0. The van der Waals surface area contributed by atoms with Crippen molar-refractivity contribution in [3.8, 4) is 0 Å². The number of nitrogens with zero attached hydrogens (tertiary/aromatic N) is 2. The molecule has 1 aliphatic heterocycles. The monoisotopic (exact) mass is 254 g/mol. The van der Waals surface area contributed by atoms with Crippen molar-refractivity contribution in [2.24, 2.45) is 5.92 Å². The van der Waals surface area contributed by atoms with Crippen LogP contribution in [0.1, 0.15) is 32.0 Å². The molecule has 0 spiro atoms. The molecular formula is C11H18N4OS. The molecule has 0 saturated carbocycles.